The summed E-state index contributed by atoms with van der Waals surface area (Å²) in [5, 5.41) is 7.88. The van der Waals surface area contributed by atoms with Gasteiger partial charge < -0.3 is 14.8 Å². The van der Waals surface area contributed by atoms with Crippen LogP contribution in [0.1, 0.15) is 30.6 Å². The van der Waals surface area contributed by atoms with Crippen LogP contribution in [0.5, 0.6) is 0 Å². The number of carbonyl (C=O) groups is 2. The molecule has 1 aromatic heterocycles. The predicted molar refractivity (Wildman–Crippen MR) is 137 cm³/mol. The van der Waals surface area contributed by atoms with Crippen LogP contribution in [0, 0.1) is 0 Å². The van der Waals surface area contributed by atoms with E-state index in [1.807, 2.05) is 60.7 Å². The average molecular weight is 458 g/mol. The molecule has 4 rings (SSSR count). The third-order valence-electron chi connectivity index (χ3n) is 6.09. The molecule has 0 aliphatic rings. The summed E-state index contributed by atoms with van der Waals surface area (Å²) in [7, 11) is 0. The minimum atomic E-state index is -0.190. The number of fused-ring (bicyclic) bond motifs is 2. The number of nitrogens with zero attached hydrogens (tertiary/aromatic N) is 3. The monoisotopic (exact) mass is 457 g/mol. The number of para-hydroxylation sites is 2. The Morgan fingerprint density at radius 1 is 0.941 bits per heavy atom. The van der Waals surface area contributed by atoms with E-state index in [1.165, 1.54) is 0 Å². The average Bonchev–Trinajstić information content (AvgIpc) is 3.21. The second-order valence-corrected chi connectivity index (χ2v) is 8.22. The van der Waals surface area contributed by atoms with Crippen LogP contribution in [-0.4, -0.2) is 52.4 Å². The molecule has 3 aromatic carbocycles. The number of carbonyl (C=O) groups excluding carboxylic acids is 2. The topological polar surface area (TPSA) is 79.3 Å². The quantitative estimate of drug-likeness (QED) is 0.372. The molecule has 0 spiro atoms. The van der Waals surface area contributed by atoms with Gasteiger partial charge in [0, 0.05) is 31.6 Å². The second kappa shape index (κ2) is 10.9. The molecule has 7 heteroatoms. The summed E-state index contributed by atoms with van der Waals surface area (Å²) < 4.78 is 2.05. The summed E-state index contributed by atoms with van der Waals surface area (Å²) in [5.74, 6) is 0.169. The van der Waals surface area contributed by atoms with Crippen molar-refractivity contribution in [1.29, 1.82) is 0 Å². The molecule has 0 atom stereocenters. The molecule has 0 unspecified atom stereocenters. The molecule has 0 fully saturated rings. The number of amides is 2. The van der Waals surface area contributed by atoms with Crippen molar-refractivity contribution in [3.63, 3.8) is 0 Å². The van der Waals surface area contributed by atoms with Gasteiger partial charge in [-0.2, -0.15) is 0 Å². The smallest absolute Gasteiger partial charge is 0.251 e. The van der Waals surface area contributed by atoms with Gasteiger partial charge in [-0.1, -0.05) is 56.3 Å². The van der Waals surface area contributed by atoms with Gasteiger partial charge in [0.2, 0.25) is 11.9 Å². The molecule has 0 bridgehead atoms. The SMILES string of the molecule is CCN(CC)CCn1c(NC(=O)CCNC(=O)c2ccc3ccccc3c2)nc2ccccc21. The summed E-state index contributed by atoms with van der Waals surface area (Å²) >= 11 is 0. The zero-order valence-electron chi connectivity index (χ0n) is 19.8. The Morgan fingerprint density at radius 2 is 1.68 bits per heavy atom. The first-order valence-electron chi connectivity index (χ1n) is 11.8. The Kier molecular flexibility index (Phi) is 7.54. The molecule has 0 saturated carbocycles. The number of benzene rings is 3. The van der Waals surface area contributed by atoms with Gasteiger partial charge in [0.1, 0.15) is 0 Å². The summed E-state index contributed by atoms with van der Waals surface area (Å²) in [6.45, 7) is 8.09. The Labute approximate surface area is 199 Å². The summed E-state index contributed by atoms with van der Waals surface area (Å²) in [4.78, 5) is 32.2. The Balaban J connectivity index is 1.37. The third-order valence-corrected chi connectivity index (χ3v) is 6.09. The molecular formula is C27H31N5O2. The van der Waals surface area contributed by atoms with Crippen molar-refractivity contribution < 1.29 is 9.59 Å². The van der Waals surface area contributed by atoms with Gasteiger partial charge >= 0.3 is 0 Å². The van der Waals surface area contributed by atoms with Crippen LogP contribution in [-0.2, 0) is 11.3 Å². The van der Waals surface area contributed by atoms with Gasteiger partial charge in [0.15, 0.2) is 0 Å². The van der Waals surface area contributed by atoms with Gasteiger partial charge in [-0.3, -0.25) is 14.9 Å². The van der Waals surface area contributed by atoms with E-state index in [1.54, 1.807) is 6.07 Å². The minimum Gasteiger partial charge on any atom is -0.352 e. The lowest BCUT2D eigenvalue weighted by molar-refractivity contribution is -0.116. The molecule has 1 heterocycles. The third kappa shape index (κ3) is 5.43. The van der Waals surface area contributed by atoms with Crippen LogP contribution >= 0.6 is 0 Å². The van der Waals surface area contributed by atoms with Crippen LogP contribution < -0.4 is 10.6 Å². The molecular weight excluding hydrogens is 426 g/mol. The highest BCUT2D eigenvalue weighted by Crippen LogP contribution is 2.20. The highest BCUT2D eigenvalue weighted by Gasteiger charge is 2.14. The molecule has 0 saturated heterocycles. The van der Waals surface area contributed by atoms with E-state index in [9.17, 15) is 9.59 Å². The zero-order valence-corrected chi connectivity index (χ0v) is 19.8. The molecule has 2 N–H and O–H groups in total. The van der Waals surface area contributed by atoms with Crippen LogP contribution in [0.4, 0.5) is 5.95 Å². The first-order chi connectivity index (χ1) is 16.6. The second-order valence-electron chi connectivity index (χ2n) is 8.22. The summed E-state index contributed by atoms with van der Waals surface area (Å²) in [6, 6.07) is 21.4. The fourth-order valence-corrected chi connectivity index (χ4v) is 4.09. The van der Waals surface area contributed by atoms with Crippen molar-refractivity contribution >= 4 is 39.6 Å². The van der Waals surface area contributed by atoms with E-state index in [0.29, 0.717) is 11.5 Å². The van der Waals surface area contributed by atoms with E-state index < -0.39 is 0 Å². The standard InChI is InChI=1S/C27H31N5O2/c1-3-31(4-2)17-18-32-24-12-8-7-11-23(24)29-27(32)30-25(33)15-16-28-26(34)22-14-13-20-9-5-6-10-21(20)19-22/h5-14,19H,3-4,15-18H2,1-2H3,(H,28,34)(H,29,30,33). The highest BCUT2D eigenvalue weighted by molar-refractivity contribution is 5.99. The number of aromatic nitrogens is 2. The van der Waals surface area contributed by atoms with E-state index in [2.05, 4.69) is 38.9 Å². The Bertz CT molecular complexity index is 1290. The van der Waals surface area contributed by atoms with Crippen LogP contribution in [0.15, 0.2) is 66.7 Å². The fourth-order valence-electron chi connectivity index (χ4n) is 4.09. The van der Waals surface area contributed by atoms with Gasteiger partial charge in [0.05, 0.1) is 11.0 Å². The molecule has 0 radical (unpaired) electrons. The summed E-state index contributed by atoms with van der Waals surface area (Å²) in [5.41, 5.74) is 2.42. The predicted octanol–water partition coefficient (Wildman–Crippen LogP) is 4.29. The van der Waals surface area contributed by atoms with E-state index in [-0.39, 0.29) is 24.8 Å². The Hall–Kier alpha value is -3.71. The maximum absolute atomic E-state index is 12.7. The van der Waals surface area contributed by atoms with E-state index in [0.717, 1.165) is 48.0 Å². The van der Waals surface area contributed by atoms with Crippen molar-refractivity contribution in [3.8, 4) is 0 Å². The number of nitrogens with one attached hydrogen (secondary N) is 2. The highest BCUT2D eigenvalue weighted by atomic mass is 16.2. The minimum absolute atomic E-state index is 0.165. The van der Waals surface area contributed by atoms with Crippen molar-refractivity contribution in [2.75, 3.05) is 31.5 Å². The lowest BCUT2D eigenvalue weighted by Crippen LogP contribution is -2.29. The molecule has 34 heavy (non-hydrogen) atoms. The fraction of sp³-hybridized carbons (Fsp3) is 0.296. The van der Waals surface area contributed by atoms with E-state index in [4.69, 9.17) is 0 Å². The number of hydrogen-bond donors (Lipinski definition) is 2. The van der Waals surface area contributed by atoms with Crippen molar-refractivity contribution in [1.82, 2.24) is 19.8 Å². The van der Waals surface area contributed by atoms with Gasteiger partial charge in [-0.25, -0.2) is 4.98 Å². The van der Waals surface area contributed by atoms with Crippen molar-refractivity contribution in [2.45, 2.75) is 26.8 Å². The van der Waals surface area contributed by atoms with Gasteiger partial charge in [-0.15, -0.1) is 0 Å². The van der Waals surface area contributed by atoms with Crippen molar-refractivity contribution in [2.24, 2.45) is 0 Å². The maximum Gasteiger partial charge on any atom is 0.251 e. The normalized spacial score (nSPS) is 11.3. The molecule has 0 aliphatic carbocycles. The molecule has 7 nitrogen and oxygen atoms in total. The summed E-state index contributed by atoms with van der Waals surface area (Å²) in [6.07, 6.45) is 0.165. The number of rotatable bonds is 10. The largest absolute Gasteiger partial charge is 0.352 e. The zero-order chi connectivity index (χ0) is 23.9. The van der Waals surface area contributed by atoms with Crippen molar-refractivity contribution in [3.05, 3.63) is 72.3 Å². The van der Waals surface area contributed by atoms with Crippen LogP contribution in [0.3, 0.4) is 0 Å². The van der Waals surface area contributed by atoms with Gasteiger partial charge in [0.25, 0.3) is 5.91 Å². The number of imidazole rings is 1. The Morgan fingerprint density at radius 3 is 2.47 bits per heavy atom. The lowest BCUT2D eigenvalue weighted by Gasteiger charge is -2.19. The molecule has 0 aliphatic heterocycles. The molecule has 176 valence electrons. The first-order valence-corrected chi connectivity index (χ1v) is 11.8. The van der Waals surface area contributed by atoms with Crippen LogP contribution in [0.25, 0.3) is 21.8 Å². The first kappa shape index (κ1) is 23.4. The lowest BCUT2D eigenvalue weighted by atomic mass is 10.1. The van der Waals surface area contributed by atoms with E-state index >= 15 is 0 Å². The number of anilines is 1. The van der Waals surface area contributed by atoms with Crippen LogP contribution in [0.2, 0.25) is 0 Å². The number of likely N-dealkylation sites (N-methyl/N-ethyl adjacent to an activating group) is 1. The molecule has 4 aromatic rings. The maximum atomic E-state index is 12.7. The molecule has 2 amide bonds. The van der Waals surface area contributed by atoms with Gasteiger partial charge in [-0.05, 0) is 48.1 Å². The number of hydrogen-bond acceptors (Lipinski definition) is 4.